The molecule has 47 heavy (non-hydrogen) atoms. The molecule has 12 heteroatoms. The lowest BCUT2D eigenvalue weighted by atomic mass is 9.78. The lowest BCUT2D eigenvalue weighted by Gasteiger charge is -2.26. The number of esters is 2. The van der Waals surface area contributed by atoms with Gasteiger partial charge in [-0.15, -0.1) is 0 Å². The van der Waals surface area contributed by atoms with Crippen LogP contribution in [0.2, 0.25) is 0 Å². The molecule has 0 aliphatic heterocycles. The normalized spacial score (nSPS) is 12.5. The van der Waals surface area contributed by atoms with E-state index in [1.54, 1.807) is 24.3 Å². The Morgan fingerprint density at radius 3 is 1.19 bits per heavy atom. The van der Waals surface area contributed by atoms with Crippen molar-refractivity contribution in [3.05, 3.63) is 107 Å². The van der Waals surface area contributed by atoms with Gasteiger partial charge < -0.3 is 49.6 Å². The minimum Gasteiger partial charge on any atom is -0.508 e. The first kappa shape index (κ1) is 34.4. The molecule has 0 aliphatic carbocycles. The molecule has 4 aromatic rings. The lowest BCUT2D eigenvalue weighted by Crippen LogP contribution is -2.25. The second-order valence-corrected chi connectivity index (χ2v) is 11.3. The molecule has 4 aromatic carbocycles. The monoisotopic (exact) mass is 648 g/mol. The summed E-state index contributed by atoms with van der Waals surface area (Å²) >= 11 is 0. The largest absolute Gasteiger partial charge is 0.508 e. The van der Waals surface area contributed by atoms with Crippen molar-refractivity contribution in [1.29, 1.82) is 0 Å². The molecule has 0 spiro atoms. The van der Waals surface area contributed by atoms with Gasteiger partial charge in [0.15, 0.2) is 0 Å². The van der Waals surface area contributed by atoms with Crippen molar-refractivity contribution in [2.75, 3.05) is 26.4 Å². The molecule has 6 N–H and O–H groups in total. The van der Waals surface area contributed by atoms with Gasteiger partial charge in [-0.25, -0.2) is 9.59 Å². The highest BCUT2D eigenvalue weighted by molar-refractivity contribution is 5.91. The van der Waals surface area contributed by atoms with E-state index in [1.165, 1.54) is 0 Å². The number of phenols is 4. The summed E-state index contributed by atoms with van der Waals surface area (Å²) in [7, 11) is 0. The van der Waals surface area contributed by atoms with E-state index >= 15 is 0 Å². The standard InChI is InChI=1S/C35H36O12/c1-35(2,23-3-7-31(8-4-23)44-17-29(40)19-46-33(42)21-11-25(36)15-26(37)12-21)24-5-9-32(10-6-24)45-18-30(41)20-47-34(43)22-13-27(38)16-28(39)14-22/h3-16,29-30,36-41H,17-20H2,1-2H3. The first-order valence-electron chi connectivity index (χ1n) is 14.5. The number of phenolic OH excluding ortho intramolecular Hbond substituents is 4. The summed E-state index contributed by atoms with van der Waals surface area (Å²) in [5, 5.41) is 58.4. The number of aromatic hydroxyl groups is 4. The van der Waals surface area contributed by atoms with Gasteiger partial charge in [0.2, 0.25) is 0 Å². The molecule has 248 valence electrons. The van der Waals surface area contributed by atoms with Crippen molar-refractivity contribution in [2.24, 2.45) is 0 Å². The number of rotatable bonds is 14. The van der Waals surface area contributed by atoms with Gasteiger partial charge in [0.1, 0.15) is 73.1 Å². The Labute approximate surface area is 270 Å². The third kappa shape index (κ3) is 9.76. The van der Waals surface area contributed by atoms with Crippen molar-refractivity contribution in [3.63, 3.8) is 0 Å². The topological polar surface area (TPSA) is 192 Å². The molecular weight excluding hydrogens is 612 g/mol. The summed E-state index contributed by atoms with van der Waals surface area (Å²) < 4.78 is 21.3. The fraction of sp³-hybridized carbons (Fsp3) is 0.257. The Morgan fingerprint density at radius 2 is 0.872 bits per heavy atom. The Balaban J connectivity index is 1.22. The maximum atomic E-state index is 12.1. The average molecular weight is 649 g/mol. The van der Waals surface area contributed by atoms with Gasteiger partial charge in [-0.2, -0.15) is 0 Å². The highest BCUT2D eigenvalue weighted by Crippen LogP contribution is 2.33. The van der Waals surface area contributed by atoms with Crippen LogP contribution in [-0.4, -0.2) is 81.2 Å². The van der Waals surface area contributed by atoms with Gasteiger partial charge in [0.25, 0.3) is 0 Å². The number of hydrogen-bond donors (Lipinski definition) is 6. The van der Waals surface area contributed by atoms with E-state index in [9.17, 15) is 40.2 Å². The third-order valence-corrected chi connectivity index (χ3v) is 7.13. The summed E-state index contributed by atoms with van der Waals surface area (Å²) in [5.41, 5.74) is 1.46. The molecule has 0 saturated carbocycles. The van der Waals surface area contributed by atoms with Crippen LogP contribution in [0.25, 0.3) is 0 Å². The molecule has 2 atom stereocenters. The Hall–Kier alpha value is -5.46. The summed E-state index contributed by atoms with van der Waals surface area (Å²) in [6.45, 7) is 3.13. The maximum Gasteiger partial charge on any atom is 0.338 e. The minimum absolute atomic E-state index is 0.0545. The molecule has 12 nitrogen and oxygen atoms in total. The molecule has 0 aromatic heterocycles. The molecule has 0 aliphatic rings. The van der Waals surface area contributed by atoms with Gasteiger partial charge in [0.05, 0.1) is 11.1 Å². The highest BCUT2D eigenvalue weighted by atomic mass is 16.6. The first-order valence-corrected chi connectivity index (χ1v) is 14.5. The maximum absolute atomic E-state index is 12.1. The number of hydrogen-bond acceptors (Lipinski definition) is 12. The van der Waals surface area contributed by atoms with Gasteiger partial charge in [-0.05, 0) is 59.7 Å². The summed E-state index contributed by atoms with van der Waals surface area (Å²) in [4.78, 5) is 24.2. The molecule has 0 saturated heterocycles. The number of aliphatic hydroxyl groups excluding tert-OH is 2. The van der Waals surface area contributed by atoms with Gasteiger partial charge in [0, 0.05) is 17.5 Å². The van der Waals surface area contributed by atoms with Crippen LogP contribution in [0.15, 0.2) is 84.9 Å². The van der Waals surface area contributed by atoms with Gasteiger partial charge in [-0.1, -0.05) is 38.1 Å². The van der Waals surface area contributed by atoms with Crippen molar-refractivity contribution in [1.82, 2.24) is 0 Å². The Bertz CT molecular complexity index is 1500. The minimum atomic E-state index is -1.11. The van der Waals surface area contributed by atoms with E-state index in [4.69, 9.17) is 18.9 Å². The summed E-state index contributed by atoms with van der Waals surface area (Å²) in [6, 6.07) is 21.4. The molecule has 2 unspecified atom stereocenters. The lowest BCUT2D eigenvalue weighted by molar-refractivity contribution is 0.0127. The van der Waals surface area contributed by atoms with Crippen LogP contribution in [0.4, 0.5) is 0 Å². The fourth-order valence-corrected chi connectivity index (χ4v) is 4.52. The van der Waals surface area contributed by atoms with Crippen LogP contribution >= 0.6 is 0 Å². The number of aliphatic hydroxyl groups is 2. The van der Waals surface area contributed by atoms with E-state index in [0.717, 1.165) is 47.5 Å². The Morgan fingerprint density at radius 1 is 0.553 bits per heavy atom. The van der Waals surface area contributed by atoms with Gasteiger partial charge in [-0.3, -0.25) is 0 Å². The molecule has 0 fully saturated rings. The van der Waals surface area contributed by atoms with E-state index in [1.807, 2.05) is 38.1 Å². The highest BCUT2D eigenvalue weighted by Gasteiger charge is 2.23. The molecule has 0 bridgehead atoms. The molecule has 0 heterocycles. The van der Waals surface area contributed by atoms with Crippen molar-refractivity contribution < 1.29 is 59.2 Å². The van der Waals surface area contributed by atoms with E-state index < -0.39 is 29.6 Å². The van der Waals surface area contributed by atoms with Crippen molar-refractivity contribution in [2.45, 2.75) is 31.5 Å². The van der Waals surface area contributed by atoms with Crippen LogP contribution < -0.4 is 9.47 Å². The van der Waals surface area contributed by atoms with E-state index in [0.29, 0.717) is 11.5 Å². The zero-order chi connectivity index (χ0) is 34.1. The summed E-state index contributed by atoms with van der Waals surface area (Å²) in [5.74, 6) is -1.79. The third-order valence-electron chi connectivity index (χ3n) is 7.13. The zero-order valence-electron chi connectivity index (χ0n) is 25.7. The molecular formula is C35H36O12. The average Bonchev–Trinajstić information content (AvgIpc) is 3.03. The van der Waals surface area contributed by atoms with Crippen LogP contribution in [-0.2, 0) is 14.9 Å². The fourth-order valence-electron chi connectivity index (χ4n) is 4.52. The Kier molecular flexibility index (Phi) is 11.1. The second-order valence-electron chi connectivity index (χ2n) is 11.3. The van der Waals surface area contributed by atoms with Gasteiger partial charge >= 0.3 is 11.9 Å². The predicted octanol–water partition coefficient (Wildman–Crippen LogP) is 4.03. The number of benzene rings is 4. The second kappa shape index (κ2) is 15.2. The smallest absolute Gasteiger partial charge is 0.338 e. The molecule has 4 rings (SSSR count). The van der Waals surface area contributed by atoms with E-state index in [2.05, 4.69) is 0 Å². The zero-order valence-corrected chi connectivity index (χ0v) is 25.7. The van der Waals surface area contributed by atoms with Crippen LogP contribution in [0.3, 0.4) is 0 Å². The number of carbonyl (C=O) groups is 2. The number of carbonyl (C=O) groups excluding carboxylic acids is 2. The molecule has 0 amide bonds. The van der Waals surface area contributed by atoms with Crippen LogP contribution in [0, 0.1) is 0 Å². The van der Waals surface area contributed by atoms with E-state index in [-0.39, 0.29) is 60.6 Å². The predicted molar refractivity (Wildman–Crippen MR) is 168 cm³/mol. The van der Waals surface area contributed by atoms with Crippen LogP contribution in [0.5, 0.6) is 34.5 Å². The summed E-state index contributed by atoms with van der Waals surface area (Å²) in [6.07, 6.45) is -2.23. The number of ether oxygens (including phenoxy) is 4. The first-order chi connectivity index (χ1) is 22.3. The van der Waals surface area contributed by atoms with Crippen LogP contribution in [0.1, 0.15) is 45.7 Å². The SMILES string of the molecule is CC(C)(c1ccc(OCC(O)COC(=O)c2cc(O)cc(O)c2)cc1)c1ccc(OCC(O)COC(=O)c2cc(O)cc(O)c2)cc1. The van der Waals surface area contributed by atoms with Crippen molar-refractivity contribution in [3.8, 4) is 34.5 Å². The quantitative estimate of drug-likeness (QED) is 0.108. The van der Waals surface area contributed by atoms with Crippen molar-refractivity contribution >= 4 is 11.9 Å². The molecule has 0 radical (unpaired) electrons.